The molecule has 0 aromatic heterocycles. The molecule has 0 aromatic rings. The summed E-state index contributed by atoms with van der Waals surface area (Å²) >= 11 is 0. The SMILES string of the molecule is CCCNC1CC2CCC(C1)N2C1CCCCC1C(C)C. The van der Waals surface area contributed by atoms with Crippen molar-refractivity contribution in [2.24, 2.45) is 11.8 Å². The summed E-state index contributed by atoms with van der Waals surface area (Å²) in [5.41, 5.74) is 0. The second kappa shape index (κ2) is 7.00. The van der Waals surface area contributed by atoms with Crippen LogP contribution in [0.3, 0.4) is 0 Å². The van der Waals surface area contributed by atoms with Crippen molar-refractivity contribution < 1.29 is 0 Å². The molecule has 1 N–H and O–H groups in total. The molecule has 3 fully saturated rings. The highest BCUT2D eigenvalue weighted by atomic mass is 15.3. The molecule has 1 aliphatic carbocycles. The number of nitrogens with one attached hydrogen (secondary N) is 1. The molecular weight excluding hydrogens is 256 g/mol. The molecule has 3 rings (SSSR count). The zero-order valence-electron chi connectivity index (χ0n) is 14.5. The van der Waals surface area contributed by atoms with Crippen molar-refractivity contribution in [2.75, 3.05) is 6.54 Å². The number of nitrogens with zero attached hydrogens (tertiary/aromatic N) is 1. The average molecular weight is 293 g/mol. The van der Waals surface area contributed by atoms with Crippen LogP contribution in [0.4, 0.5) is 0 Å². The molecule has 2 aliphatic heterocycles. The van der Waals surface area contributed by atoms with Crippen molar-refractivity contribution in [3.63, 3.8) is 0 Å². The van der Waals surface area contributed by atoms with Crippen LogP contribution >= 0.6 is 0 Å². The summed E-state index contributed by atoms with van der Waals surface area (Å²) in [5, 5.41) is 3.80. The number of rotatable bonds is 5. The molecule has 2 heteroatoms. The molecule has 0 radical (unpaired) electrons. The second-order valence-corrected chi connectivity index (χ2v) is 8.21. The fraction of sp³-hybridized carbons (Fsp3) is 1.00. The Morgan fingerprint density at radius 2 is 1.67 bits per heavy atom. The van der Waals surface area contributed by atoms with Crippen LogP contribution in [0.1, 0.15) is 78.6 Å². The third-order valence-corrected chi connectivity index (χ3v) is 6.49. The third kappa shape index (κ3) is 3.32. The molecule has 0 amide bonds. The summed E-state index contributed by atoms with van der Waals surface area (Å²) in [5.74, 6) is 1.83. The molecule has 21 heavy (non-hydrogen) atoms. The summed E-state index contributed by atoms with van der Waals surface area (Å²) in [6, 6.07) is 3.49. The van der Waals surface area contributed by atoms with E-state index in [2.05, 4.69) is 31.0 Å². The quantitative estimate of drug-likeness (QED) is 0.817. The highest BCUT2D eigenvalue weighted by molar-refractivity contribution is 5.02. The summed E-state index contributed by atoms with van der Waals surface area (Å²) in [7, 11) is 0. The minimum absolute atomic E-state index is 0.805. The Balaban J connectivity index is 1.66. The summed E-state index contributed by atoms with van der Waals surface area (Å²) in [6.07, 6.45) is 12.9. The Morgan fingerprint density at radius 3 is 2.29 bits per heavy atom. The van der Waals surface area contributed by atoms with E-state index in [0.29, 0.717) is 0 Å². The van der Waals surface area contributed by atoms with Gasteiger partial charge in [-0.3, -0.25) is 4.90 Å². The van der Waals surface area contributed by atoms with E-state index in [-0.39, 0.29) is 0 Å². The third-order valence-electron chi connectivity index (χ3n) is 6.49. The number of hydrogen-bond donors (Lipinski definition) is 1. The van der Waals surface area contributed by atoms with E-state index in [9.17, 15) is 0 Å². The summed E-state index contributed by atoms with van der Waals surface area (Å²) in [4.78, 5) is 3.02. The maximum atomic E-state index is 3.80. The van der Waals surface area contributed by atoms with E-state index >= 15 is 0 Å². The van der Waals surface area contributed by atoms with Crippen LogP contribution in [0.2, 0.25) is 0 Å². The van der Waals surface area contributed by atoms with Gasteiger partial charge in [0.1, 0.15) is 0 Å². The Kier molecular flexibility index (Phi) is 5.27. The maximum absolute atomic E-state index is 3.80. The van der Waals surface area contributed by atoms with Gasteiger partial charge in [-0.2, -0.15) is 0 Å². The zero-order chi connectivity index (χ0) is 14.8. The van der Waals surface area contributed by atoms with Crippen LogP contribution in [0.15, 0.2) is 0 Å². The molecular formula is C19H36N2. The van der Waals surface area contributed by atoms with E-state index in [0.717, 1.165) is 36.0 Å². The topological polar surface area (TPSA) is 15.3 Å². The summed E-state index contributed by atoms with van der Waals surface area (Å²) in [6.45, 7) is 8.41. The average Bonchev–Trinajstić information content (AvgIpc) is 2.75. The molecule has 4 unspecified atom stereocenters. The van der Waals surface area contributed by atoms with Crippen LogP contribution < -0.4 is 5.32 Å². The molecule has 1 saturated carbocycles. The van der Waals surface area contributed by atoms with E-state index in [1.54, 1.807) is 0 Å². The first-order valence-electron chi connectivity index (χ1n) is 9.71. The minimum atomic E-state index is 0.805. The van der Waals surface area contributed by atoms with Crippen LogP contribution in [-0.2, 0) is 0 Å². The van der Waals surface area contributed by atoms with E-state index in [1.165, 1.54) is 64.3 Å². The van der Waals surface area contributed by atoms with E-state index < -0.39 is 0 Å². The molecule has 3 aliphatic rings. The second-order valence-electron chi connectivity index (χ2n) is 8.21. The Hall–Kier alpha value is -0.0800. The van der Waals surface area contributed by atoms with Crippen molar-refractivity contribution in [1.82, 2.24) is 10.2 Å². The lowest BCUT2D eigenvalue weighted by molar-refractivity contribution is 0.00817. The van der Waals surface area contributed by atoms with Gasteiger partial charge in [0.15, 0.2) is 0 Å². The number of hydrogen-bond acceptors (Lipinski definition) is 2. The van der Waals surface area contributed by atoms with E-state index in [1.807, 2.05) is 0 Å². The van der Waals surface area contributed by atoms with Gasteiger partial charge < -0.3 is 5.32 Å². The van der Waals surface area contributed by atoms with Crippen LogP contribution in [0.25, 0.3) is 0 Å². The lowest BCUT2D eigenvalue weighted by atomic mass is 9.75. The predicted octanol–water partition coefficient (Wildman–Crippen LogP) is 4.20. The highest BCUT2D eigenvalue weighted by Gasteiger charge is 2.46. The Morgan fingerprint density at radius 1 is 1.00 bits per heavy atom. The van der Waals surface area contributed by atoms with Crippen molar-refractivity contribution in [3.05, 3.63) is 0 Å². The number of piperidine rings is 1. The lowest BCUT2D eigenvalue weighted by Crippen LogP contribution is -2.56. The smallest absolute Gasteiger partial charge is 0.0132 e. The fourth-order valence-electron chi connectivity index (χ4n) is 5.56. The zero-order valence-corrected chi connectivity index (χ0v) is 14.5. The first-order chi connectivity index (χ1) is 10.2. The van der Waals surface area contributed by atoms with Gasteiger partial charge in [0.2, 0.25) is 0 Å². The summed E-state index contributed by atoms with van der Waals surface area (Å²) < 4.78 is 0. The number of fused-ring (bicyclic) bond motifs is 2. The van der Waals surface area contributed by atoms with Crippen molar-refractivity contribution >= 4 is 0 Å². The monoisotopic (exact) mass is 292 g/mol. The maximum Gasteiger partial charge on any atom is 0.0132 e. The molecule has 2 heterocycles. The predicted molar refractivity (Wildman–Crippen MR) is 90.5 cm³/mol. The Labute approximate surface area is 132 Å². The van der Waals surface area contributed by atoms with Gasteiger partial charge in [0.05, 0.1) is 0 Å². The van der Waals surface area contributed by atoms with Gasteiger partial charge in [0, 0.05) is 24.2 Å². The van der Waals surface area contributed by atoms with Crippen LogP contribution in [-0.4, -0.2) is 35.6 Å². The van der Waals surface area contributed by atoms with Crippen LogP contribution in [0, 0.1) is 11.8 Å². The molecule has 4 atom stereocenters. The Bertz CT molecular complexity index is 314. The molecule has 122 valence electrons. The molecule has 0 aromatic carbocycles. The first-order valence-corrected chi connectivity index (χ1v) is 9.71. The highest BCUT2D eigenvalue weighted by Crippen LogP contribution is 2.43. The standard InChI is InChI=1S/C19H36N2/c1-4-11-20-15-12-16-9-10-17(13-15)21(16)19-8-6-5-7-18(19)14(2)3/h14-20H,4-13H2,1-3H3. The van der Waals surface area contributed by atoms with Gasteiger partial charge >= 0.3 is 0 Å². The van der Waals surface area contributed by atoms with Crippen LogP contribution in [0.5, 0.6) is 0 Å². The van der Waals surface area contributed by atoms with Gasteiger partial charge in [-0.05, 0) is 63.3 Å². The molecule has 0 spiro atoms. The van der Waals surface area contributed by atoms with Crippen molar-refractivity contribution in [2.45, 2.75) is 103 Å². The minimum Gasteiger partial charge on any atom is -0.314 e. The van der Waals surface area contributed by atoms with Gasteiger partial charge in [-0.15, -0.1) is 0 Å². The molecule has 2 saturated heterocycles. The normalized spacial score (nSPS) is 40.9. The fourth-order valence-corrected chi connectivity index (χ4v) is 5.56. The first kappa shape index (κ1) is 15.8. The molecule has 2 bridgehead atoms. The van der Waals surface area contributed by atoms with Gasteiger partial charge in [-0.25, -0.2) is 0 Å². The van der Waals surface area contributed by atoms with E-state index in [4.69, 9.17) is 0 Å². The van der Waals surface area contributed by atoms with Gasteiger partial charge in [-0.1, -0.05) is 33.6 Å². The van der Waals surface area contributed by atoms with Crippen molar-refractivity contribution in [3.8, 4) is 0 Å². The largest absolute Gasteiger partial charge is 0.314 e. The van der Waals surface area contributed by atoms with Gasteiger partial charge in [0.25, 0.3) is 0 Å². The molecule has 2 nitrogen and oxygen atoms in total. The lowest BCUT2D eigenvalue weighted by Gasteiger charge is -2.49. The van der Waals surface area contributed by atoms with Crippen molar-refractivity contribution in [1.29, 1.82) is 0 Å².